The summed E-state index contributed by atoms with van der Waals surface area (Å²) in [5.74, 6) is 1.81. The Labute approximate surface area is 222 Å². The van der Waals surface area contributed by atoms with Crippen molar-refractivity contribution < 1.29 is 22.2 Å². The number of aryl methyl sites for hydroxylation is 2. The summed E-state index contributed by atoms with van der Waals surface area (Å²) in [5, 5.41) is 13.1. The van der Waals surface area contributed by atoms with Crippen LogP contribution in [0.15, 0.2) is 29.6 Å². The number of nitrogens with two attached hydrogens (primary N) is 1. The Kier molecular flexibility index (Phi) is 7.06. The molecule has 3 aliphatic rings. The highest BCUT2D eigenvalue weighted by Gasteiger charge is 2.57. The number of hydrogen-bond acceptors (Lipinski definition) is 8. The van der Waals surface area contributed by atoms with Gasteiger partial charge in [-0.15, -0.1) is 11.3 Å². The fourth-order valence-corrected chi connectivity index (χ4v) is 8.31. The molecule has 11 heteroatoms. The summed E-state index contributed by atoms with van der Waals surface area (Å²) in [6.07, 6.45) is 7.71. The Bertz CT molecular complexity index is 1320. The van der Waals surface area contributed by atoms with Crippen molar-refractivity contribution >= 4 is 38.4 Å². The number of oxime groups is 1. The number of hydrogen-bond donors (Lipinski definition) is 2. The van der Waals surface area contributed by atoms with Gasteiger partial charge in [0.15, 0.2) is 5.13 Å². The zero-order chi connectivity index (χ0) is 26.4. The highest BCUT2D eigenvalue weighted by atomic mass is 32.2. The molecule has 0 aliphatic heterocycles. The van der Waals surface area contributed by atoms with Crippen LogP contribution in [-0.4, -0.2) is 32.1 Å². The Morgan fingerprint density at radius 2 is 2.16 bits per heavy atom. The fraction of sp³-hybridized carbons (Fsp3) is 0.577. The number of amides is 1. The van der Waals surface area contributed by atoms with E-state index < -0.39 is 10.3 Å². The predicted molar refractivity (Wildman–Crippen MR) is 143 cm³/mol. The lowest BCUT2D eigenvalue weighted by Gasteiger charge is -2.50. The topological polar surface area (TPSA) is 133 Å². The van der Waals surface area contributed by atoms with Crippen LogP contribution >= 0.6 is 11.3 Å². The minimum absolute atomic E-state index is 0.00285. The van der Waals surface area contributed by atoms with E-state index in [1.807, 2.05) is 19.1 Å². The molecule has 0 radical (unpaired) electrons. The van der Waals surface area contributed by atoms with Crippen molar-refractivity contribution in [1.82, 2.24) is 4.98 Å². The molecule has 200 valence electrons. The first-order chi connectivity index (χ1) is 17.6. The van der Waals surface area contributed by atoms with E-state index in [-0.39, 0.29) is 17.1 Å². The van der Waals surface area contributed by atoms with E-state index >= 15 is 0 Å². The zero-order valence-corrected chi connectivity index (χ0v) is 23.0. The van der Waals surface area contributed by atoms with E-state index in [9.17, 15) is 13.2 Å². The summed E-state index contributed by atoms with van der Waals surface area (Å²) < 4.78 is 27.7. The van der Waals surface area contributed by atoms with Gasteiger partial charge in [0.1, 0.15) is 12.9 Å². The van der Waals surface area contributed by atoms with Gasteiger partial charge in [0.25, 0.3) is 0 Å². The van der Waals surface area contributed by atoms with E-state index in [1.54, 1.807) is 19.4 Å². The van der Waals surface area contributed by atoms with Gasteiger partial charge in [-0.2, -0.15) is 13.6 Å². The fourth-order valence-electron chi connectivity index (χ4n) is 7.25. The van der Waals surface area contributed by atoms with E-state index in [0.717, 1.165) is 54.7 Å². The maximum atomic E-state index is 12.7. The quantitative estimate of drug-likeness (QED) is 0.490. The lowest BCUT2D eigenvalue weighted by atomic mass is 9.54. The first kappa shape index (κ1) is 26.1. The maximum Gasteiger partial charge on any atom is 0.380 e. The molecule has 1 amide bonds. The van der Waals surface area contributed by atoms with Gasteiger partial charge in [-0.05, 0) is 92.4 Å². The molecule has 5 rings (SSSR count). The average Bonchev–Trinajstić information content (AvgIpc) is 3.36. The molecule has 5 atom stereocenters. The van der Waals surface area contributed by atoms with Crippen molar-refractivity contribution in [2.45, 2.75) is 64.7 Å². The third-order valence-corrected chi connectivity index (χ3v) is 9.85. The smallest absolute Gasteiger partial charge is 0.380 e. The van der Waals surface area contributed by atoms with Crippen molar-refractivity contribution in [2.75, 3.05) is 12.4 Å². The summed E-state index contributed by atoms with van der Waals surface area (Å²) in [7, 11) is -2.46. The van der Waals surface area contributed by atoms with Crippen LogP contribution in [0.3, 0.4) is 0 Å². The first-order valence-electron chi connectivity index (χ1n) is 12.7. The van der Waals surface area contributed by atoms with Gasteiger partial charge in [0.2, 0.25) is 5.91 Å². The Morgan fingerprint density at radius 3 is 2.86 bits per heavy atom. The van der Waals surface area contributed by atoms with Crippen LogP contribution in [0.5, 0.6) is 5.75 Å². The van der Waals surface area contributed by atoms with E-state index in [2.05, 4.69) is 22.4 Å². The lowest BCUT2D eigenvalue weighted by Crippen LogP contribution is -2.44. The number of nitrogens with one attached hydrogen (secondary N) is 1. The summed E-state index contributed by atoms with van der Waals surface area (Å²) in [4.78, 5) is 23.3. The number of carbonyl (C=O) groups is 1. The number of anilines is 1. The molecule has 1 aromatic carbocycles. The molecule has 2 aromatic rings. The van der Waals surface area contributed by atoms with E-state index in [0.29, 0.717) is 35.2 Å². The van der Waals surface area contributed by atoms with E-state index in [1.165, 1.54) is 16.9 Å². The van der Waals surface area contributed by atoms with Gasteiger partial charge < -0.3 is 14.3 Å². The van der Waals surface area contributed by atoms with Crippen LogP contribution in [0, 0.1) is 30.1 Å². The molecule has 37 heavy (non-hydrogen) atoms. The number of fused-ring (bicyclic) bond motifs is 5. The van der Waals surface area contributed by atoms with Crippen LogP contribution in [-0.2, 0) is 26.4 Å². The standard InChI is InChI=1S/C26H34N4O5S2/c1-15-14-28-25(36-15)29-23(31)9-5-17-13-22(30-34-3)26(2)11-10-20-19-8-6-18(35-37(27,32)33)12-16(19)4-7-21(20)24(17)26/h6,8,12,14,17,20-21,24H,4-5,7,9-11,13H2,1-3H3,(H2,27,32,33)(H,28,29,31)/b30-22+/t17-,20?,21?,24?,26-/m1/s1. The Morgan fingerprint density at radius 1 is 1.35 bits per heavy atom. The van der Waals surface area contributed by atoms with Crippen LogP contribution in [0.25, 0.3) is 0 Å². The highest BCUT2D eigenvalue weighted by Crippen LogP contribution is 2.62. The second kappa shape index (κ2) is 9.99. The summed E-state index contributed by atoms with van der Waals surface area (Å²) in [5.41, 5.74) is 3.46. The van der Waals surface area contributed by atoms with Crippen LogP contribution < -0.4 is 14.6 Å². The predicted octanol–water partition coefficient (Wildman–Crippen LogP) is 4.54. The molecule has 3 N–H and O–H groups in total. The maximum absolute atomic E-state index is 12.7. The molecule has 0 bridgehead atoms. The summed E-state index contributed by atoms with van der Waals surface area (Å²) in [6.45, 7) is 4.29. The van der Waals surface area contributed by atoms with Crippen molar-refractivity contribution in [3.8, 4) is 5.75 Å². The highest BCUT2D eigenvalue weighted by molar-refractivity contribution is 7.84. The van der Waals surface area contributed by atoms with Crippen molar-refractivity contribution in [3.05, 3.63) is 40.4 Å². The Hall–Kier alpha value is -2.50. The van der Waals surface area contributed by atoms with Gasteiger partial charge in [0, 0.05) is 22.9 Å². The minimum Gasteiger partial charge on any atom is -0.399 e. The van der Waals surface area contributed by atoms with Crippen molar-refractivity contribution in [2.24, 2.45) is 33.5 Å². The molecule has 9 nitrogen and oxygen atoms in total. The molecule has 0 spiro atoms. The molecule has 2 fully saturated rings. The lowest BCUT2D eigenvalue weighted by molar-refractivity contribution is -0.116. The minimum atomic E-state index is -4.06. The normalized spacial score (nSPS) is 29.8. The third-order valence-electron chi connectivity index (χ3n) is 8.60. The monoisotopic (exact) mass is 546 g/mol. The summed E-state index contributed by atoms with van der Waals surface area (Å²) >= 11 is 1.48. The van der Waals surface area contributed by atoms with Crippen molar-refractivity contribution in [1.29, 1.82) is 0 Å². The number of nitrogens with zero attached hydrogens (tertiary/aromatic N) is 2. The van der Waals surface area contributed by atoms with Crippen LogP contribution in [0.1, 0.15) is 67.4 Å². The second-order valence-corrected chi connectivity index (χ2v) is 13.2. The number of aromatic nitrogens is 1. The van der Waals surface area contributed by atoms with Crippen LogP contribution in [0.2, 0.25) is 0 Å². The first-order valence-corrected chi connectivity index (χ1v) is 15.0. The average molecular weight is 547 g/mol. The number of carbonyl (C=O) groups excluding carboxylic acids is 1. The largest absolute Gasteiger partial charge is 0.399 e. The van der Waals surface area contributed by atoms with E-state index in [4.69, 9.17) is 14.2 Å². The summed E-state index contributed by atoms with van der Waals surface area (Å²) in [6, 6.07) is 5.53. The third kappa shape index (κ3) is 5.26. The van der Waals surface area contributed by atoms with Gasteiger partial charge >= 0.3 is 10.3 Å². The zero-order valence-electron chi connectivity index (χ0n) is 21.4. The molecular weight excluding hydrogens is 512 g/mol. The second-order valence-electron chi connectivity index (χ2n) is 10.8. The van der Waals surface area contributed by atoms with Crippen molar-refractivity contribution in [3.63, 3.8) is 0 Å². The molecule has 0 saturated heterocycles. The molecule has 3 aliphatic carbocycles. The number of rotatable bonds is 7. The molecule has 1 heterocycles. The molecule has 3 unspecified atom stereocenters. The molecular formula is C26H34N4O5S2. The Balaban J connectivity index is 1.37. The van der Waals surface area contributed by atoms with Gasteiger partial charge in [0.05, 0.1) is 5.71 Å². The SMILES string of the molecule is CO/N=C1\C[C@@H](CCC(=O)Nc2ncc(C)s2)C2C3CCc4cc(OS(N)(=O)=O)ccc4C3CC[C@]12C. The number of thiazole rings is 1. The van der Waals surface area contributed by atoms with Gasteiger partial charge in [-0.3, -0.25) is 4.79 Å². The number of benzene rings is 1. The van der Waals surface area contributed by atoms with Gasteiger partial charge in [-0.25, -0.2) is 4.98 Å². The van der Waals surface area contributed by atoms with Gasteiger partial charge in [-0.1, -0.05) is 18.1 Å². The molecule has 2 saturated carbocycles. The van der Waals surface area contributed by atoms with Crippen LogP contribution in [0.4, 0.5) is 5.13 Å². The molecule has 1 aromatic heterocycles.